The topological polar surface area (TPSA) is 118 Å². The minimum atomic E-state index is -0.374. The van der Waals surface area contributed by atoms with Gasteiger partial charge in [-0.2, -0.15) is 5.10 Å². The standard InChI is InChI=1S/C15H18N4O5/c1-22-11-7-13(24-3)12(23-2)4-9(11)8-16-18-14(20)5-10-6-15(21)19-17-10/h4,6-8H,5H2,1-3H3,(H,18,20)(H2,17,19,21). The molecule has 0 saturated carbocycles. The third kappa shape index (κ3) is 4.15. The van der Waals surface area contributed by atoms with Crippen LogP contribution in [0.5, 0.6) is 17.2 Å². The first-order chi connectivity index (χ1) is 11.6. The predicted molar refractivity (Wildman–Crippen MR) is 87.0 cm³/mol. The van der Waals surface area contributed by atoms with Gasteiger partial charge in [0.1, 0.15) is 5.75 Å². The lowest BCUT2D eigenvalue weighted by molar-refractivity contribution is -0.120. The number of nitrogens with one attached hydrogen (secondary N) is 3. The molecule has 9 nitrogen and oxygen atoms in total. The highest BCUT2D eigenvalue weighted by Crippen LogP contribution is 2.33. The molecule has 1 amide bonds. The molecule has 1 heterocycles. The van der Waals surface area contributed by atoms with E-state index >= 15 is 0 Å². The van der Waals surface area contributed by atoms with Gasteiger partial charge in [0.05, 0.1) is 34.0 Å². The lowest BCUT2D eigenvalue weighted by Gasteiger charge is -2.11. The van der Waals surface area contributed by atoms with Crippen molar-refractivity contribution in [2.75, 3.05) is 21.3 Å². The zero-order chi connectivity index (χ0) is 17.5. The molecule has 24 heavy (non-hydrogen) atoms. The number of hydrogen-bond acceptors (Lipinski definition) is 6. The van der Waals surface area contributed by atoms with Gasteiger partial charge in [-0.25, -0.2) is 5.43 Å². The fourth-order valence-electron chi connectivity index (χ4n) is 2.01. The second-order valence-electron chi connectivity index (χ2n) is 4.70. The molecule has 128 valence electrons. The van der Waals surface area contributed by atoms with Crippen LogP contribution >= 0.6 is 0 Å². The second kappa shape index (κ2) is 7.86. The van der Waals surface area contributed by atoms with Crippen molar-refractivity contribution in [2.45, 2.75) is 6.42 Å². The van der Waals surface area contributed by atoms with Crippen LogP contribution in [0.3, 0.4) is 0 Å². The van der Waals surface area contributed by atoms with Crippen molar-refractivity contribution in [3.63, 3.8) is 0 Å². The first kappa shape index (κ1) is 17.1. The molecule has 9 heteroatoms. The van der Waals surface area contributed by atoms with Crippen molar-refractivity contribution in [1.29, 1.82) is 0 Å². The summed E-state index contributed by atoms with van der Waals surface area (Å²) in [7, 11) is 4.56. The van der Waals surface area contributed by atoms with Gasteiger partial charge < -0.3 is 19.3 Å². The van der Waals surface area contributed by atoms with Crippen molar-refractivity contribution in [3.05, 3.63) is 39.8 Å². The van der Waals surface area contributed by atoms with Crippen LogP contribution in [0.4, 0.5) is 0 Å². The van der Waals surface area contributed by atoms with Gasteiger partial charge in [-0.3, -0.25) is 14.7 Å². The van der Waals surface area contributed by atoms with Gasteiger partial charge in [0.25, 0.3) is 5.56 Å². The van der Waals surface area contributed by atoms with Crippen LogP contribution in [0.25, 0.3) is 0 Å². The predicted octanol–water partition coefficient (Wildman–Crippen LogP) is 0.422. The second-order valence-corrected chi connectivity index (χ2v) is 4.70. The van der Waals surface area contributed by atoms with E-state index in [1.165, 1.54) is 33.6 Å². The monoisotopic (exact) mass is 334 g/mol. The molecule has 3 N–H and O–H groups in total. The molecule has 0 fully saturated rings. The minimum Gasteiger partial charge on any atom is -0.496 e. The molecular weight excluding hydrogens is 316 g/mol. The highest BCUT2D eigenvalue weighted by Gasteiger charge is 2.10. The van der Waals surface area contributed by atoms with Gasteiger partial charge in [0, 0.05) is 23.4 Å². The highest BCUT2D eigenvalue weighted by atomic mass is 16.5. The molecule has 0 bridgehead atoms. The number of hydrogen-bond donors (Lipinski definition) is 3. The summed E-state index contributed by atoms with van der Waals surface area (Å²) in [6, 6.07) is 4.64. The van der Waals surface area contributed by atoms with E-state index < -0.39 is 0 Å². The number of aromatic nitrogens is 2. The number of benzene rings is 1. The molecule has 0 radical (unpaired) electrons. The van der Waals surface area contributed by atoms with Crippen LogP contribution < -0.4 is 25.2 Å². The smallest absolute Gasteiger partial charge is 0.264 e. The maximum Gasteiger partial charge on any atom is 0.264 e. The van der Waals surface area contributed by atoms with Crippen molar-refractivity contribution < 1.29 is 19.0 Å². The number of nitrogens with zero attached hydrogens (tertiary/aromatic N) is 1. The zero-order valence-electron chi connectivity index (χ0n) is 13.5. The van der Waals surface area contributed by atoms with Gasteiger partial charge >= 0.3 is 0 Å². The quantitative estimate of drug-likeness (QED) is 0.501. The summed E-state index contributed by atoms with van der Waals surface area (Å²) < 4.78 is 15.7. The van der Waals surface area contributed by atoms with Gasteiger partial charge in [-0.1, -0.05) is 0 Å². The fourth-order valence-corrected chi connectivity index (χ4v) is 2.01. The Hall–Kier alpha value is -3.23. The number of H-pyrrole nitrogens is 2. The molecular formula is C15H18N4O5. The van der Waals surface area contributed by atoms with Crippen LogP contribution in [-0.2, 0) is 11.2 Å². The first-order valence-corrected chi connectivity index (χ1v) is 6.96. The van der Waals surface area contributed by atoms with Gasteiger partial charge in [0.15, 0.2) is 11.5 Å². The zero-order valence-corrected chi connectivity index (χ0v) is 13.5. The minimum absolute atomic E-state index is 0.000845. The number of rotatable bonds is 7. The van der Waals surface area contributed by atoms with Crippen molar-refractivity contribution in [1.82, 2.24) is 15.6 Å². The summed E-state index contributed by atoms with van der Waals surface area (Å²) in [6.45, 7) is 0. The molecule has 0 atom stereocenters. The molecule has 0 unspecified atom stereocenters. The Morgan fingerprint density at radius 1 is 1.08 bits per heavy atom. The highest BCUT2D eigenvalue weighted by molar-refractivity contribution is 5.86. The molecule has 1 aromatic carbocycles. The molecule has 2 rings (SSSR count). The third-order valence-corrected chi connectivity index (χ3v) is 3.13. The van der Waals surface area contributed by atoms with Gasteiger partial charge in [0.2, 0.25) is 5.91 Å². The van der Waals surface area contributed by atoms with E-state index in [4.69, 9.17) is 14.2 Å². The lowest BCUT2D eigenvalue weighted by Crippen LogP contribution is -2.20. The maximum atomic E-state index is 11.8. The Morgan fingerprint density at radius 3 is 2.33 bits per heavy atom. The third-order valence-electron chi connectivity index (χ3n) is 3.13. The van der Waals surface area contributed by atoms with Crippen molar-refractivity contribution >= 4 is 12.1 Å². The Balaban J connectivity index is 2.07. The molecule has 0 aliphatic heterocycles. The van der Waals surface area contributed by atoms with E-state index in [-0.39, 0.29) is 17.9 Å². The molecule has 0 spiro atoms. The van der Waals surface area contributed by atoms with Gasteiger partial charge in [-0.05, 0) is 6.07 Å². The Bertz CT molecular complexity index is 793. The van der Waals surface area contributed by atoms with Crippen molar-refractivity contribution in [2.24, 2.45) is 5.10 Å². The summed E-state index contributed by atoms with van der Waals surface area (Å²) in [4.78, 5) is 22.7. The summed E-state index contributed by atoms with van der Waals surface area (Å²) >= 11 is 0. The normalized spacial score (nSPS) is 10.6. The van der Waals surface area contributed by atoms with Crippen LogP contribution in [0.15, 0.2) is 28.1 Å². The first-order valence-electron chi connectivity index (χ1n) is 6.96. The lowest BCUT2D eigenvalue weighted by atomic mass is 10.2. The molecule has 1 aromatic heterocycles. The number of hydrazone groups is 1. The summed E-state index contributed by atoms with van der Waals surface area (Å²) in [5.41, 5.74) is 3.15. The SMILES string of the molecule is COc1cc(OC)c(OC)cc1C=NNC(=O)Cc1cc(=O)[nH][nH]1. The largest absolute Gasteiger partial charge is 0.496 e. The number of amides is 1. The van der Waals surface area contributed by atoms with Gasteiger partial charge in [-0.15, -0.1) is 0 Å². The Morgan fingerprint density at radius 2 is 1.75 bits per heavy atom. The Labute approximate surface area is 137 Å². The number of ether oxygens (including phenoxy) is 3. The number of methoxy groups -OCH3 is 3. The van der Waals surface area contributed by atoms with E-state index in [0.29, 0.717) is 28.5 Å². The van der Waals surface area contributed by atoms with E-state index in [1.807, 2.05) is 0 Å². The molecule has 0 saturated heterocycles. The average molecular weight is 334 g/mol. The molecule has 0 aliphatic rings. The summed E-state index contributed by atoms with van der Waals surface area (Å²) in [6.07, 6.45) is 1.43. The number of carbonyl (C=O) groups is 1. The average Bonchev–Trinajstić information content (AvgIpc) is 2.98. The van der Waals surface area contributed by atoms with E-state index in [1.54, 1.807) is 12.1 Å². The van der Waals surface area contributed by atoms with Crippen LogP contribution in [0.2, 0.25) is 0 Å². The van der Waals surface area contributed by atoms with E-state index in [9.17, 15) is 9.59 Å². The summed E-state index contributed by atoms with van der Waals surface area (Å²) in [5, 5.41) is 8.82. The van der Waals surface area contributed by atoms with Crippen molar-refractivity contribution in [3.8, 4) is 17.2 Å². The summed E-state index contributed by atoms with van der Waals surface area (Å²) in [5.74, 6) is 1.17. The number of carbonyl (C=O) groups excluding carboxylic acids is 1. The molecule has 0 aliphatic carbocycles. The Kier molecular flexibility index (Phi) is 5.61. The molecule has 2 aromatic rings. The van der Waals surface area contributed by atoms with E-state index in [2.05, 4.69) is 20.7 Å². The van der Waals surface area contributed by atoms with Crippen LogP contribution in [0.1, 0.15) is 11.3 Å². The fraction of sp³-hybridized carbons (Fsp3) is 0.267. The van der Waals surface area contributed by atoms with Crippen LogP contribution in [-0.4, -0.2) is 43.6 Å². The maximum absolute atomic E-state index is 11.8. The number of aromatic amines is 2. The van der Waals surface area contributed by atoms with E-state index in [0.717, 1.165) is 0 Å². The van der Waals surface area contributed by atoms with Crippen LogP contribution in [0, 0.1) is 0 Å².